The van der Waals surface area contributed by atoms with E-state index in [0.29, 0.717) is 12.2 Å². The minimum atomic E-state index is -0.483. The summed E-state index contributed by atoms with van der Waals surface area (Å²) in [6, 6.07) is 13.6. The molecule has 150 valence electrons. The van der Waals surface area contributed by atoms with Crippen molar-refractivity contribution in [1.82, 2.24) is 14.7 Å². The molecule has 3 rings (SSSR count). The van der Waals surface area contributed by atoms with E-state index in [4.69, 9.17) is 0 Å². The topological polar surface area (TPSA) is 93.3 Å². The van der Waals surface area contributed by atoms with Crippen molar-refractivity contribution in [1.29, 1.82) is 0 Å². The van der Waals surface area contributed by atoms with Gasteiger partial charge in [0, 0.05) is 48.7 Å². The number of anilines is 2. The molecule has 3 aromatic rings. The van der Waals surface area contributed by atoms with Crippen LogP contribution in [0, 0.1) is 10.1 Å². The van der Waals surface area contributed by atoms with Crippen LogP contribution in [0.15, 0.2) is 60.9 Å². The number of amides is 1. The maximum atomic E-state index is 13.1. The molecule has 1 N–H and O–H groups in total. The summed E-state index contributed by atoms with van der Waals surface area (Å²) in [7, 11) is 1.81. The van der Waals surface area contributed by atoms with Gasteiger partial charge in [0.15, 0.2) is 0 Å². The van der Waals surface area contributed by atoms with Crippen LogP contribution < -0.4 is 5.32 Å². The lowest BCUT2D eigenvalue weighted by Crippen LogP contribution is -2.36. The van der Waals surface area contributed by atoms with Crippen LogP contribution in [0.2, 0.25) is 0 Å². The third-order valence-corrected chi connectivity index (χ3v) is 4.49. The quantitative estimate of drug-likeness (QED) is 0.481. The highest BCUT2D eigenvalue weighted by Crippen LogP contribution is 2.29. The third-order valence-electron chi connectivity index (χ3n) is 4.49. The number of rotatable bonds is 7. The number of nitrogens with one attached hydrogen (secondary N) is 1. The number of carbonyl (C=O) groups excluding carboxylic acids is 1. The fourth-order valence-corrected chi connectivity index (χ4v) is 3.00. The number of nitro groups is 1. The summed E-state index contributed by atoms with van der Waals surface area (Å²) < 4.78 is 1.67. The van der Waals surface area contributed by atoms with Gasteiger partial charge in [-0.3, -0.25) is 19.6 Å². The Kier molecular flexibility index (Phi) is 5.92. The standard InChI is InChI=1S/C21H23N5O3/c1-15(2)25(14-16-12-22-24(3)13-16)21(27)17-9-10-19(20(11-17)26(28)29)23-18-7-5-4-6-8-18/h4-13,15,23H,14H2,1-3H3. The molecule has 1 amide bonds. The Morgan fingerprint density at radius 1 is 1.24 bits per heavy atom. The van der Waals surface area contributed by atoms with Crippen LogP contribution in [-0.2, 0) is 13.6 Å². The van der Waals surface area contributed by atoms with Crippen molar-refractivity contribution in [2.75, 3.05) is 5.32 Å². The molecule has 0 saturated heterocycles. The maximum absolute atomic E-state index is 13.1. The molecule has 0 atom stereocenters. The normalized spacial score (nSPS) is 10.8. The number of hydrogen-bond acceptors (Lipinski definition) is 5. The number of nitrogens with zero attached hydrogens (tertiary/aromatic N) is 4. The first-order valence-corrected chi connectivity index (χ1v) is 9.24. The molecule has 0 unspecified atom stereocenters. The van der Waals surface area contributed by atoms with Gasteiger partial charge in [0.2, 0.25) is 0 Å². The zero-order valence-corrected chi connectivity index (χ0v) is 16.6. The number of nitro benzene ring substituents is 1. The predicted octanol–water partition coefficient (Wildman–Crippen LogP) is 4.12. The second kappa shape index (κ2) is 8.55. The van der Waals surface area contributed by atoms with Crippen molar-refractivity contribution in [3.63, 3.8) is 0 Å². The first kappa shape index (κ1) is 20.1. The summed E-state index contributed by atoms with van der Waals surface area (Å²) >= 11 is 0. The number of para-hydroxylation sites is 1. The molecule has 2 aromatic carbocycles. The molecule has 0 aliphatic heterocycles. The average Bonchev–Trinajstić information content (AvgIpc) is 3.11. The largest absolute Gasteiger partial charge is 0.350 e. The molecule has 0 aliphatic carbocycles. The van der Waals surface area contributed by atoms with Gasteiger partial charge >= 0.3 is 0 Å². The lowest BCUT2D eigenvalue weighted by Gasteiger charge is -2.26. The highest BCUT2D eigenvalue weighted by molar-refractivity contribution is 5.96. The van der Waals surface area contributed by atoms with E-state index in [9.17, 15) is 14.9 Å². The summed E-state index contributed by atoms with van der Waals surface area (Å²) in [5, 5.41) is 18.8. The molecule has 1 aromatic heterocycles. The van der Waals surface area contributed by atoms with Gasteiger partial charge in [-0.1, -0.05) is 18.2 Å². The molecular formula is C21H23N5O3. The molecular weight excluding hydrogens is 370 g/mol. The monoisotopic (exact) mass is 393 g/mol. The Labute approximate surface area is 168 Å². The summed E-state index contributed by atoms with van der Waals surface area (Å²) in [4.78, 5) is 25.9. The zero-order chi connectivity index (χ0) is 21.0. The van der Waals surface area contributed by atoms with Gasteiger partial charge in [-0.15, -0.1) is 0 Å². The minimum Gasteiger partial charge on any atom is -0.350 e. The van der Waals surface area contributed by atoms with Crippen LogP contribution in [0.3, 0.4) is 0 Å². The van der Waals surface area contributed by atoms with Gasteiger partial charge < -0.3 is 10.2 Å². The van der Waals surface area contributed by atoms with Crippen LogP contribution in [0.5, 0.6) is 0 Å². The molecule has 1 heterocycles. The van der Waals surface area contributed by atoms with E-state index < -0.39 is 4.92 Å². The van der Waals surface area contributed by atoms with Crippen LogP contribution in [-0.4, -0.2) is 31.6 Å². The molecule has 0 radical (unpaired) electrons. The molecule has 0 fully saturated rings. The summed E-state index contributed by atoms with van der Waals surface area (Å²) in [6.45, 7) is 4.20. The van der Waals surface area contributed by atoms with Crippen LogP contribution in [0.4, 0.5) is 17.1 Å². The van der Waals surface area contributed by atoms with Crippen molar-refractivity contribution >= 4 is 23.0 Å². The Morgan fingerprint density at radius 2 is 1.97 bits per heavy atom. The van der Waals surface area contributed by atoms with Gasteiger partial charge in [0.25, 0.3) is 11.6 Å². The summed E-state index contributed by atoms with van der Waals surface area (Å²) in [5.41, 5.74) is 2.08. The van der Waals surface area contributed by atoms with Crippen LogP contribution in [0.1, 0.15) is 29.8 Å². The maximum Gasteiger partial charge on any atom is 0.293 e. The van der Waals surface area contributed by atoms with Crippen LogP contribution >= 0.6 is 0 Å². The van der Waals surface area contributed by atoms with Crippen molar-refractivity contribution in [3.05, 3.63) is 82.2 Å². The number of carbonyl (C=O) groups is 1. The second-order valence-electron chi connectivity index (χ2n) is 7.03. The number of aryl methyl sites for hydroxylation is 1. The molecule has 0 bridgehead atoms. The summed E-state index contributed by atoms with van der Waals surface area (Å²) in [6.07, 6.45) is 3.55. The summed E-state index contributed by atoms with van der Waals surface area (Å²) in [5.74, 6) is -0.266. The molecule has 0 aliphatic rings. The van der Waals surface area contributed by atoms with E-state index in [1.54, 1.807) is 27.9 Å². The third kappa shape index (κ3) is 4.78. The van der Waals surface area contributed by atoms with Crippen LogP contribution in [0.25, 0.3) is 0 Å². The fourth-order valence-electron chi connectivity index (χ4n) is 3.00. The van der Waals surface area contributed by atoms with Gasteiger partial charge in [-0.2, -0.15) is 5.10 Å². The Hall–Kier alpha value is -3.68. The smallest absolute Gasteiger partial charge is 0.293 e. The van der Waals surface area contributed by atoms with E-state index in [-0.39, 0.29) is 23.2 Å². The molecule has 8 nitrogen and oxygen atoms in total. The van der Waals surface area contributed by atoms with Crippen molar-refractivity contribution in [3.8, 4) is 0 Å². The average molecular weight is 393 g/mol. The highest BCUT2D eigenvalue weighted by atomic mass is 16.6. The van der Waals surface area contributed by atoms with E-state index in [0.717, 1.165) is 11.3 Å². The highest BCUT2D eigenvalue weighted by Gasteiger charge is 2.23. The number of hydrogen-bond donors (Lipinski definition) is 1. The van der Waals surface area contributed by atoms with E-state index in [1.165, 1.54) is 6.07 Å². The Morgan fingerprint density at radius 3 is 2.55 bits per heavy atom. The number of aromatic nitrogens is 2. The van der Waals surface area contributed by atoms with Crippen molar-refractivity contribution < 1.29 is 9.72 Å². The first-order valence-electron chi connectivity index (χ1n) is 9.24. The van der Waals surface area contributed by atoms with Gasteiger partial charge in [0.05, 0.1) is 11.1 Å². The lowest BCUT2D eigenvalue weighted by atomic mass is 10.1. The van der Waals surface area contributed by atoms with Crippen molar-refractivity contribution in [2.24, 2.45) is 7.05 Å². The lowest BCUT2D eigenvalue weighted by molar-refractivity contribution is -0.383. The molecule has 0 saturated carbocycles. The molecule has 0 spiro atoms. The zero-order valence-electron chi connectivity index (χ0n) is 16.6. The SMILES string of the molecule is CC(C)N(Cc1cnn(C)c1)C(=O)c1ccc(Nc2ccccc2)c([N+](=O)[O-])c1. The Bertz CT molecular complexity index is 1010. The van der Waals surface area contributed by atoms with Crippen molar-refractivity contribution in [2.45, 2.75) is 26.4 Å². The van der Waals surface area contributed by atoms with Gasteiger partial charge in [-0.25, -0.2) is 0 Å². The van der Waals surface area contributed by atoms with E-state index >= 15 is 0 Å². The van der Waals surface area contributed by atoms with Gasteiger partial charge in [-0.05, 0) is 38.1 Å². The Balaban J connectivity index is 1.89. The number of benzene rings is 2. The first-order chi connectivity index (χ1) is 13.8. The molecule has 29 heavy (non-hydrogen) atoms. The second-order valence-corrected chi connectivity index (χ2v) is 7.03. The van der Waals surface area contributed by atoms with E-state index in [2.05, 4.69) is 10.4 Å². The van der Waals surface area contributed by atoms with Gasteiger partial charge in [0.1, 0.15) is 5.69 Å². The minimum absolute atomic E-state index is 0.0797. The molecule has 8 heteroatoms. The fraction of sp³-hybridized carbons (Fsp3) is 0.238. The predicted molar refractivity (Wildman–Crippen MR) is 111 cm³/mol. The van der Waals surface area contributed by atoms with E-state index in [1.807, 2.05) is 57.4 Å².